The molecule has 130 valence electrons. The van der Waals surface area contributed by atoms with Gasteiger partial charge in [0.15, 0.2) is 11.0 Å². The van der Waals surface area contributed by atoms with Gasteiger partial charge in [-0.3, -0.25) is 4.57 Å². The van der Waals surface area contributed by atoms with Gasteiger partial charge >= 0.3 is 0 Å². The maximum absolute atomic E-state index is 5.45. The van der Waals surface area contributed by atoms with E-state index in [1.54, 1.807) is 6.92 Å². The molecule has 1 aliphatic rings. The molecule has 3 aromatic rings. The molecule has 0 aliphatic carbocycles. The van der Waals surface area contributed by atoms with E-state index in [-0.39, 0.29) is 0 Å². The molecular formula is C16H18N6O2S. The summed E-state index contributed by atoms with van der Waals surface area (Å²) in [6.45, 7) is 4.81. The van der Waals surface area contributed by atoms with Gasteiger partial charge in [-0.15, -0.1) is 10.2 Å². The van der Waals surface area contributed by atoms with Gasteiger partial charge < -0.3 is 14.2 Å². The number of hydrogen-bond acceptors (Lipinski definition) is 8. The first-order valence-corrected chi connectivity index (χ1v) is 9.05. The maximum Gasteiger partial charge on any atom is 0.237 e. The van der Waals surface area contributed by atoms with Crippen molar-refractivity contribution in [1.82, 2.24) is 24.9 Å². The number of aryl methyl sites for hydroxylation is 1. The second kappa shape index (κ2) is 7.24. The van der Waals surface area contributed by atoms with Crippen LogP contribution in [0.15, 0.2) is 40.0 Å². The number of hydrogen-bond donors (Lipinski definition) is 0. The maximum atomic E-state index is 5.45. The van der Waals surface area contributed by atoms with Gasteiger partial charge in [0.1, 0.15) is 0 Å². The first-order chi connectivity index (χ1) is 12.3. The number of anilines is 1. The van der Waals surface area contributed by atoms with Crippen LogP contribution in [0.4, 0.5) is 5.95 Å². The predicted octanol–water partition coefficient (Wildman–Crippen LogP) is 2.09. The Morgan fingerprint density at radius 3 is 2.64 bits per heavy atom. The van der Waals surface area contributed by atoms with Crippen molar-refractivity contribution >= 4 is 17.7 Å². The van der Waals surface area contributed by atoms with E-state index in [1.165, 1.54) is 11.8 Å². The van der Waals surface area contributed by atoms with Crippen LogP contribution in [0.25, 0.3) is 5.69 Å². The molecule has 0 N–H and O–H groups in total. The Balaban J connectivity index is 1.64. The number of nitrogens with zero attached hydrogens (tertiary/aromatic N) is 6. The molecule has 1 aliphatic heterocycles. The highest BCUT2D eigenvalue weighted by molar-refractivity contribution is 7.98. The molecule has 0 saturated carbocycles. The summed E-state index contributed by atoms with van der Waals surface area (Å²) in [6, 6.07) is 10.1. The number of morpholine rings is 1. The van der Waals surface area contributed by atoms with E-state index in [9.17, 15) is 0 Å². The average molecular weight is 358 g/mol. The number of benzene rings is 1. The molecule has 0 radical (unpaired) electrons. The average Bonchev–Trinajstić information content (AvgIpc) is 3.27. The highest BCUT2D eigenvalue weighted by Crippen LogP contribution is 2.28. The molecule has 0 spiro atoms. The van der Waals surface area contributed by atoms with Crippen LogP contribution in [0.3, 0.4) is 0 Å². The van der Waals surface area contributed by atoms with Gasteiger partial charge in [-0.1, -0.05) is 35.1 Å². The minimum Gasteiger partial charge on any atom is -0.378 e. The fourth-order valence-corrected chi connectivity index (χ4v) is 3.44. The quantitative estimate of drug-likeness (QED) is 0.641. The molecule has 25 heavy (non-hydrogen) atoms. The Bertz CT molecular complexity index is 828. The van der Waals surface area contributed by atoms with Gasteiger partial charge in [0, 0.05) is 13.1 Å². The lowest BCUT2D eigenvalue weighted by Crippen LogP contribution is -2.37. The van der Waals surface area contributed by atoms with E-state index < -0.39 is 0 Å². The van der Waals surface area contributed by atoms with E-state index in [0.717, 1.165) is 29.9 Å². The van der Waals surface area contributed by atoms with E-state index >= 15 is 0 Å². The molecule has 0 amide bonds. The van der Waals surface area contributed by atoms with Gasteiger partial charge in [-0.25, -0.2) is 0 Å². The summed E-state index contributed by atoms with van der Waals surface area (Å²) >= 11 is 1.53. The SMILES string of the molecule is Cc1noc(CSc2nnc(N3CCOCC3)n2-c2ccccc2)n1. The lowest BCUT2D eigenvalue weighted by Gasteiger charge is -2.27. The molecule has 2 aromatic heterocycles. The zero-order valence-corrected chi connectivity index (χ0v) is 14.6. The Morgan fingerprint density at radius 2 is 1.92 bits per heavy atom. The molecule has 1 aromatic carbocycles. The summed E-state index contributed by atoms with van der Waals surface area (Å²) in [6.07, 6.45) is 0. The standard InChI is InChI=1S/C16H18N6O2S/c1-12-17-14(24-20-12)11-25-16-19-18-15(21-7-9-23-10-8-21)22(16)13-5-3-2-4-6-13/h2-6H,7-11H2,1H3. The highest BCUT2D eigenvalue weighted by Gasteiger charge is 2.22. The molecule has 0 bridgehead atoms. The van der Waals surface area contributed by atoms with Crippen LogP contribution in [0.1, 0.15) is 11.7 Å². The zero-order chi connectivity index (χ0) is 17.1. The molecule has 4 rings (SSSR count). The number of para-hydroxylation sites is 1. The Morgan fingerprint density at radius 1 is 1.12 bits per heavy atom. The lowest BCUT2D eigenvalue weighted by molar-refractivity contribution is 0.122. The van der Waals surface area contributed by atoms with Crippen LogP contribution < -0.4 is 4.90 Å². The van der Waals surface area contributed by atoms with Crippen LogP contribution in [0, 0.1) is 6.92 Å². The summed E-state index contributed by atoms with van der Waals surface area (Å²) in [4.78, 5) is 6.44. The van der Waals surface area contributed by atoms with Crippen molar-refractivity contribution in [3.05, 3.63) is 42.0 Å². The molecule has 9 heteroatoms. The molecule has 0 atom stereocenters. The van der Waals surface area contributed by atoms with Crippen molar-refractivity contribution in [3.8, 4) is 5.69 Å². The predicted molar refractivity (Wildman–Crippen MR) is 93.0 cm³/mol. The number of ether oxygens (including phenoxy) is 1. The molecular weight excluding hydrogens is 340 g/mol. The van der Waals surface area contributed by atoms with Crippen LogP contribution in [-0.2, 0) is 10.5 Å². The van der Waals surface area contributed by atoms with E-state index in [4.69, 9.17) is 9.26 Å². The molecule has 3 heterocycles. The highest BCUT2D eigenvalue weighted by atomic mass is 32.2. The second-order valence-electron chi connectivity index (χ2n) is 5.58. The Hall–Kier alpha value is -2.39. The number of thioether (sulfide) groups is 1. The van der Waals surface area contributed by atoms with Gasteiger partial charge in [-0.2, -0.15) is 4.98 Å². The largest absolute Gasteiger partial charge is 0.378 e. The van der Waals surface area contributed by atoms with Gasteiger partial charge in [-0.05, 0) is 19.1 Å². The van der Waals surface area contributed by atoms with Crippen molar-refractivity contribution in [2.75, 3.05) is 31.2 Å². The normalized spacial score (nSPS) is 14.8. The molecule has 1 saturated heterocycles. The first kappa shape index (κ1) is 16.1. The van der Waals surface area contributed by atoms with Crippen molar-refractivity contribution in [3.63, 3.8) is 0 Å². The third-order valence-electron chi connectivity index (χ3n) is 3.82. The minimum atomic E-state index is 0.551. The number of aromatic nitrogens is 5. The van der Waals surface area contributed by atoms with Crippen LogP contribution in [-0.4, -0.2) is 51.2 Å². The summed E-state index contributed by atoms with van der Waals surface area (Å²) in [5.41, 5.74) is 1.03. The summed E-state index contributed by atoms with van der Waals surface area (Å²) in [7, 11) is 0. The van der Waals surface area contributed by atoms with Gasteiger partial charge in [0.25, 0.3) is 0 Å². The zero-order valence-electron chi connectivity index (χ0n) is 13.8. The van der Waals surface area contributed by atoms with Gasteiger partial charge in [0.05, 0.1) is 24.7 Å². The molecule has 1 fully saturated rings. The summed E-state index contributed by atoms with van der Waals surface area (Å²) in [5.74, 6) is 2.60. The van der Waals surface area contributed by atoms with Crippen molar-refractivity contribution < 1.29 is 9.26 Å². The molecule has 8 nitrogen and oxygen atoms in total. The third kappa shape index (κ3) is 3.52. The van der Waals surface area contributed by atoms with Crippen molar-refractivity contribution in [1.29, 1.82) is 0 Å². The smallest absolute Gasteiger partial charge is 0.237 e. The lowest BCUT2D eigenvalue weighted by atomic mass is 10.3. The monoisotopic (exact) mass is 358 g/mol. The number of rotatable bonds is 5. The van der Waals surface area contributed by atoms with E-state index in [1.807, 2.05) is 30.3 Å². The Kier molecular flexibility index (Phi) is 4.66. The van der Waals surface area contributed by atoms with E-state index in [2.05, 4.69) is 29.8 Å². The fraction of sp³-hybridized carbons (Fsp3) is 0.375. The Labute approximate surface area is 149 Å². The van der Waals surface area contributed by atoms with E-state index in [0.29, 0.717) is 30.7 Å². The van der Waals surface area contributed by atoms with Crippen LogP contribution in [0.2, 0.25) is 0 Å². The minimum absolute atomic E-state index is 0.551. The van der Waals surface area contributed by atoms with Gasteiger partial charge in [0.2, 0.25) is 11.8 Å². The summed E-state index contributed by atoms with van der Waals surface area (Å²) in [5, 5.41) is 13.4. The summed E-state index contributed by atoms with van der Waals surface area (Å²) < 4.78 is 12.7. The fourth-order valence-electron chi connectivity index (χ4n) is 2.65. The van der Waals surface area contributed by atoms with Crippen molar-refractivity contribution in [2.45, 2.75) is 17.8 Å². The topological polar surface area (TPSA) is 82.1 Å². The second-order valence-corrected chi connectivity index (χ2v) is 6.52. The van der Waals surface area contributed by atoms with Crippen LogP contribution in [0.5, 0.6) is 0 Å². The van der Waals surface area contributed by atoms with Crippen molar-refractivity contribution in [2.24, 2.45) is 0 Å². The third-order valence-corrected chi connectivity index (χ3v) is 4.73. The van der Waals surface area contributed by atoms with Crippen LogP contribution >= 0.6 is 11.8 Å². The first-order valence-electron chi connectivity index (χ1n) is 8.07. The molecule has 0 unspecified atom stereocenters.